The van der Waals surface area contributed by atoms with Gasteiger partial charge in [-0.1, -0.05) is 13.8 Å². The van der Waals surface area contributed by atoms with Crippen molar-refractivity contribution >= 4 is 22.9 Å². The molecule has 0 spiro atoms. The van der Waals surface area contributed by atoms with Crippen molar-refractivity contribution in [3.05, 3.63) is 24.1 Å². The molecule has 0 unspecified atom stereocenters. The van der Waals surface area contributed by atoms with Gasteiger partial charge in [-0.25, -0.2) is 4.98 Å². The Balaban J connectivity index is 2.04. The topological polar surface area (TPSA) is 93.5 Å². The van der Waals surface area contributed by atoms with Gasteiger partial charge >= 0.3 is 0 Å². The molecular formula is C16H21N3O4. The second kappa shape index (κ2) is 7.13. The zero-order valence-electron chi connectivity index (χ0n) is 13.7. The Labute approximate surface area is 134 Å². The van der Waals surface area contributed by atoms with Crippen LogP contribution in [0.4, 0.5) is 0 Å². The van der Waals surface area contributed by atoms with Gasteiger partial charge in [-0.05, 0) is 18.1 Å². The molecule has 7 nitrogen and oxygen atoms in total. The van der Waals surface area contributed by atoms with Crippen molar-refractivity contribution in [2.75, 3.05) is 7.11 Å². The highest BCUT2D eigenvalue weighted by Crippen LogP contribution is 2.21. The third-order valence-electron chi connectivity index (χ3n) is 3.36. The summed E-state index contributed by atoms with van der Waals surface area (Å²) in [5.74, 6) is 0.550. The van der Waals surface area contributed by atoms with Crippen LogP contribution in [0, 0.1) is 5.92 Å². The van der Waals surface area contributed by atoms with E-state index < -0.39 is 6.04 Å². The van der Waals surface area contributed by atoms with Crippen LogP contribution in [0.1, 0.15) is 26.7 Å². The molecule has 1 aromatic carbocycles. The molecule has 2 amide bonds. The molecule has 0 saturated carbocycles. The van der Waals surface area contributed by atoms with E-state index in [1.165, 1.54) is 6.92 Å². The van der Waals surface area contributed by atoms with Crippen LogP contribution < -0.4 is 15.4 Å². The maximum atomic E-state index is 12.2. The summed E-state index contributed by atoms with van der Waals surface area (Å²) in [5.41, 5.74) is 1.29. The molecule has 0 aliphatic rings. The predicted molar refractivity (Wildman–Crippen MR) is 84.9 cm³/mol. The minimum absolute atomic E-state index is 0.0215. The first kappa shape index (κ1) is 16.8. The molecular weight excluding hydrogens is 298 g/mol. The fraction of sp³-hybridized carbons (Fsp3) is 0.438. The highest BCUT2D eigenvalue weighted by atomic mass is 16.5. The largest absolute Gasteiger partial charge is 0.497 e. The van der Waals surface area contributed by atoms with Gasteiger partial charge < -0.3 is 19.8 Å². The molecule has 0 aliphatic carbocycles. The van der Waals surface area contributed by atoms with Gasteiger partial charge in [-0.3, -0.25) is 9.59 Å². The molecule has 23 heavy (non-hydrogen) atoms. The third kappa shape index (κ3) is 4.21. The number of fused-ring (bicyclic) bond motifs is 1. The van der Waals surface area contributed by atoms with Crippen molar-refractivity contribution < 1.29 is 18.7 Å². The molecule has 0 aliphatic heterocycles. The van der Waals surface area contributed by atoms with Gasteiger partial charge in [0, 0.05) is 13.0 Å². The first-order valence-corrected chi connectivity index (χ1v) is 7.39. The van der Waals surface area contributed by atoms with Gasteiger partial charge in [-0.2, -0.15) is 0 Å². The number of benzene rings is 1. The van der Waals surface area contributed by atoms with Crippen LogP contribution in [-0.4, -0.2) is 29.9 Å². The van der Waals surface area contributed by atoms with Gasteiger partial charge in [0.25, 0.3) is 0 Å². The first-order valence-electron chi connectivity index (χ1n) is 7.39. The van der Waals surface area contributed by atoms with E-state index >= 15 is 0 Å². The fourth-order valence-electron chi connectivity index (χ4n) is 2.18. The second-order valence-electron chi connectivity index (χ2n) is 5.58. The van der Waals surface area contributed by atoms with E-state index in [-0.39, 0.29) is 24.3 Å². The summed E-state index contributed by atoms with van der Waals surface area (Å²) in [5, 5.41) is 5.37. The number of rotatable bonds is 6. The summed E-state index contributed by atoms with van der Waals surface area (Å²) in [7, 11) is 1.58. The standard InChI is InChI=1S/C16H21N3O4/c1-9(2)15(18-10(3)20)16(21)17-8-14-19-12-7-11(22-4)5-6-13(12)23-14/h5-7,9,15H,8H2,1-4H3,(H,17,21)(H,18,20)/t15-/m1/s1. The maximum Gasteiger partial charge on any atom is 0.243 e. The third-order valence-corrected chi connectivity index (χ3v) is 3.36. The van der Waals surface area contributed by atoms with Crippen LogP contribution in [0.3, 0.4) is 0 Å². The minimum Gasteiger partial charge on any atom is -0.497 e. The Kier molecular flexibility index (Phi) is 5.20. The molecule has 2 aromatic rings. The highest BCUT2D eigenvalue weighted by Gasteiger charge is 2.23. The highest BCUT2D eigenvalue weighted by molar-refractivity contribution is 5.87. The molecule has 0 bridgehead atoms. The Morgan fingerprint density at radius 1 is 1.35 bits per heavy atom. The summed E-state index contributed by atoms with van der Waals surface area (Å²) >= 11 is 0. The van der Waals surface area contributed by atoms with Gasteiger partial charge in [0.05, 0.1) is 13.7 Å². The van der Waals surface area contributed by atoms with E-state index in [0.29, 0.717) is 22.7 Å². The predicted octanol–water partition coefficient (Wildman–Crippen LogP) is 1.61. The van der Waals surface area contributed by atoms with Crippen molar-refractivity contribution in [3.8, 4) is 5.75 Å². The molecule has 124 valence electrons. The van der Waals surface area contributed by atoms with E-state index in [0.717, 1.165) is 0 Å². The summed E-state index contributed by atoms with van der Waals surface area (Å²) in [4.78, 5) is 27.7. The number of amides is 2. The van der Waals surface area contributed by atoms with Crippen LogP contribution in [-0.2, 0) is 16.1 Å². The monoisotopic (exact) mass is 319 g/mol. The zero-order valence-corrected chi connectivity index (χ0v) is 13.7. The number of aromatic nitrogens is 1. The number of hydrogen-bond acceptors (Lipinski definition) is 5. The quantitative estimate of drug-likeness (QED) is 0.844. The summed E-state index contributed by atoms with van der Waals surface area (Å²) in [6.07, 6.45) is 0. The number of hydrogen-bond donors (Lipinski definition) is 2. The molecule has 0 fully saturated rings. The van der Waals surface area contributed by atoms with Crippen LogP contribution in [0.2, 0.25) is 0 Å². The van der Waals surface area contributed by atoms with Crippen molar-refractivity contribution in [2.45, 2.75) is 33.4 Å². The van der Waals surface area contributed by atoms with Crippen LogP contribution in [0.25, 0.3) is 11.1 Å². The van der Waals surface area contributed by atoms with Crippen molar-refractivity contribution in [3.63, 3.8) is 0 Å². The van der Waals surface area contributed by atoms with Gasteiger partial charge in [0.15, 0.2) is 5.58 Å². The lowest BCUT2D eigenvalue weighted by Crippen LogP contribution is -2.48. The zero-order chi connectivity index (χ0) is 17.0. The number of nitrogens with zero attached hydrogens (tertiary/aromatic N) is 1. The summed E-state index contributed by atoms with van der Waals surface area (Å²) in [6.45, 7) is 5.27. The Hall–Kier alpha value is -2.57. The van der Waals surface area contributed by atoms with Crippen molar-refractivity contribution in [2.24, 2.45) is 5.92 Å². The fourth-order valence-corrected chi connectivity index (χ4v) is 2.18. The number of oxazole rings is 1. The molecule has 0 saturated heterocycles. The molecule has 1 heterocycles. The normalized spacial score (nSPS) is 12.2. The lowest BCUT2D eigenvalue weighted by molar-refractivity contribution is -0.129. The lowest BCUT2D eigenvalue weighted by atomic mass is 10.0. The van der Waals surface area contributed by atoms with E-state index in [1.807, 2.05) is 13.8 Å². The number of methoxy groups -OCH3 is 1. The molecule has 2 N–H and O–H groups in total. The second-order valence-corrected chi connectivity index (χ2v) is 5.58. The Morgan fingerprint density at radius 2 is 2.09 bits per heavy atom. The lowest BCUT2D eigenvalue weighted by Gasteiger charge is -2.20. The molecule has 2 rings (SSSR count). The number of carbonyl (C=O) groups excluding carboxylic acids is 2. The summed E-state index contributed by atoms with van der Waals surface area (Å²) < 4.78 is 10.7. The van der Waals surface area contributed by atoms with Crippen LogP contribution in [0.15, 0.2) is 22.6 Å². The minimum atomic E-state index is -0.586. The van der Waals surface area contributed by atoms with Crippen LogP contribution in [0.5, 0.6) is 5.75 Å². The molecule has 0 radical (unpaired) electrons. The van der Waals surface area contributed by atoms with E-state index in [2.05, 4.69) is 15.6 Å². The van der Waals surface area contributed by atoms with E-state index in [1.54, 1.807) is 25.3 Å². The maximum absolute atomic E-state index is 12.2. The SMILES string of the molecule is COc1ccc2oc(CNC(=O)[C@H](NC(C)=O)C(C)C)nc2c1. The number of carbonyl (C=O) groups is 2. The average molecular weight is 319 g/mol. The van der Waals surface area contributed by atoms with Gasteiger partial charge in [0.2, 0.25) is 17.7 Å². The Bertz CT molecular complexity index is 708. The average Bonchev–Trinajstić information content (AvgIpc) is 2.91. The molecule has 1 aromatic heterocycles. The van der Waals surface area contributed by atoms with Gasteiger partial charge in [0.1, 0.15) is 17.3 Å². The van der Waals surface area contributed by atoms with Crippen molar-refractivity contribution in [1.82, 2.24) is 15.6 Å². The Morgan fingerprint density at radius 3 is 2.70 bits per heavy atom. The number of ether oxygens (including phenoxy) is 1. The van der Waals surface area contributed by atoms with E-state index in [4.69, 9.17) is 9.15 Å². The van der Waals surface area contributed by atoms with Crippen molar-refractivity contribution in [1.29, 1.82) is 0 Å². The molecule has 1 atom stereocenters. The number of nitrogens with one attached hydrogen (secondary N) is 2. The molecule has 7 heteroatoms. The van der Waals surface area contributed by atoms with Gasteiger partial charge in [-0.15, -0.1) is 0 Å². The first-order chi connectivity index (χ1) is 10.9. The van der Waals surface area contributed by atoms with E-state index in [9.17, 15) is 9.59 Å². The van der Waals surface area contributed by atoms with Crippen LogP contribution >= 0.6 is 0 Å². The smallest absolute Gasteiger partial charge is 0.243 e. The summed E-state index contributed by atoms with van der Waals surface area (Å²) in [6, 6.07) is 4.72.